The summed E-state index contributed by atoms with van der Waals surface area (Å²) in [7, 11) is 0. The van der Waals surface area contributed by atoms with Crippen LogP contribution < -0.4 is 0 Å². The van der Waals surface area contributed by atoms with E-state index in [0.29, 0.717) is 0 Å². The molecule has 0 fully saturated rings. The normalized spacial score (nSPS) is 13.2. The lowest BCUT2D eigenvalue weighted by Crippen LogP contribution is -1.98. The first-order valence-electron chi connectivity index (χ1n) is 3.17. The Balaban J connectivity index is 3.21. The molecule has 0 saturated carbocycles. The molecule has 0 N–H and O–H groups in total. The van der Waals surface area contributed by atoms with Gasteiger partial charge in [0.2, 0.25) is 0 Å². The van der Waals surface area contributed by atoms with Gasteiger partial charge >= 0.3 is 0 Å². The van der Waals surface area contributed by atoms with Crippen LogP contribution in [-0.4, -0.2) is 6.04 Å². The predicted octanol–water partition coefficient (Wildman–Crippen LogP) is 2.33. The SMILES string of the molecule is CCCC(CC)N=O. The van der Waals surface area contributed by atoms with Gasteiger partial charge in [0, 0.05) is 0 Å². The van der Waals surface area contributed by atoms with Crippen LogP contribution in [0.2, 0.25) is 0 Å². The fourth-order valence-corrected chi connectivity index (χ4v) is 0.665. The fourth-order valence-electron chi connectivity index (χ4n) is 0.665. The second kappa shape index (κ2) is 4.75. The molecule has 0 bridgehead atoms. The zero-order valence-electron chi connectivity index (χ0n) is 5.55. The molecule has 1 unspecified atom stereocenters. The summed E-state index contributed by atoms with van der Waals surface area (Å²) in [6, 6.07) is 0.0694. The van der Waals surface area contributed by atoms with E-state index in [1.807, 2.05) is 6.92 Å². The van der Waals surface area contributed by atoms with E-state index in [0.717, 1.165) is 19.3 Å². The van der Waals surface area contributed by atoms with Crippen LogP contribution in [0.4, 0.5) is 0 Å². The van der Waals surface area contributed by atoms with Crippen LogP contribution in [0.3, 0.4) is 0 Å². The molecule has 0 radical (unpaired) electrons. The Kier molecular flexibility index (Phi) is 4.51. The maximum atomic E-state index is 9.88. The Labute approximate surface area is 50.3 Å². The summed E-state index contributed by atoms with van der Waals surface area (Å²) in [5.41, 5.74) is 0. The van der Waals surface area contributed by atoms with Gasteiger partial charge in [0.15, 0.2) is 0 Å². The summed E-state index contributed by atoms with van der Waals surface area (Å²) in [4.78, 5) is 9.88. The molecular formula is C6H13NO. The molecule has 0 aliphatic heterocycles. The van der Waals surface area contributed by atoms with Crippen LogP contribution in [0.25, 0.3) is 0 Å². The summed E-state index contributed by atoms with van der Waals surface area (Å²) in [6.07, 6.45) is 2.89. The van der Waals surface area contributed by atoms with Crippen molar-refractivity contribution in [3.05, 3.63) is 4.91 Å². The Morgan fingerprint density at radius 1 is 1.50 bits per heavy atom. The number of nitroso groups, excluding NO2 is 1. The van der Waals surface area contributed by atoms with E-state index in [1.54, 1.807) is 0 Å². The summed E-state index contributed by atoms with van der Waals surface area (Å²) < 4.78 is 0. The largest absolute Gasteiger partial charge is 0.151 e. The van der Waals surface area contributed by atoms with E-state index in [-0.39, 0.29) is 6.04 Å². The van der Waals surface area contributed by atoms with Crippen molar-refractivity contribution in [2.45, 2.75) is 39.2 Å². The average Bonchev–Trinajstić information content (AvgIpc) is 1.83. The van der Waals surface area contributed by atoms with Gasteiger partial charge in [0.05, 0.1) is 6.04 Å². The van der Waals surface area contributed by atoms with Crippen molar-refractivity contribution in [2.24, 2.45) is 5.18 Å². The third kappa shape index (κ3) is 2.72. The molecule has 0 saturated heterocycles. The highest BCUT2D eigenvalue weighted by atomic mass is 16.3. The van der Waals surface area contributed by atoms with Crippen molar-refractivity contribution in [3.8, 4) is 0 Å². The molecular weight excluding hydrogens is 102 g/mol. The van der Waals surface area contributed by atoms with Crippen LogP contribution in [0.5, 0.6) is 0 Å². The summed E-state index contributed by atoms with van der Waals surface area (Å²) >= 11 is 0. The number of hydrogen-bond donors (Lipinski definition) is 0. The minimum absolute atomic E-state index is 0.0694. The van der Waals surface area contributed by atoms with Crippen molar-refractivity contribution in [3.63, 3.8) is 0 Å². The van der Waals surface area contributed by atoms with E-state index in [4.69, 9.17) is 0 Å². The second-order valence-electron chi connectivity index (χ2n) is 1.96. The van der Waals surface area contributed by atoms with Gasteiger partial charge in [-0.2, -0.15) is 4.91 Å². The van der Waals surface area contributed by atoms with Crippen molar-refractivity contribution in [1.29, 1.82) is 0 Å². The predicted molar refractivity (Wildman–Crippen MR) is 34.8 cm³/mol. The second-order valence-corrected chi connectivity index (χ2v) is 1.96. The van der Waals surface area contributed by atoms with E-state index in [9.17, 15) is 4.91 Å². The molecule has 2 heteroatoms. The van der Waals surface area contributed by atoms with Crippen molar-refractivity contribution in [1.82, 2.24) is 0 Å². The third-order valence-electron chi connectivity index (χ3n) is 1.24. The van der Waals surface area contributed by atoms with Gasteiger partial charge in [-0.05, 0) is 12.8 Å². The minimum atomic E-state index is 0.0694. The molecule has 0 rings (SSSR count). The monoisotopic (exact) mass is 115 g/mol. The lowest BCUT2D eigenvalue weighted by Gasteiger charge is -1.99. The van der Waals surface area contributed by atoms with Gasteiger partial charge in [-0.3, -0.25) is 0 Å². The van der Waals surface area contributed by atoms with E-state index >= 15 is 0 Å². The molecule has 8 heavy (non-hydrogen) atoms. The first-order valence-corrected chi connectivity index (χ1v) is 3.17. The van der Waals surface area contributed by atoms with Crippen LogP contribution in [0.1, 0.15) is 33.1 Å². The first-order chi connectivity index (χ1) is 3.85. The highest BCUT2D eigenvalue weighted by Crippen LogP contribution is 2.03. The van der Waals surface area contributed by atoms with Crippen LogP contribution in [-0.2, 0) is 0 Å². The maximum Gasteiger partial charge on any atom is 0.0917 e. The highest BCUT2D eigenvalue weighted by molar-refractivity contribution is 4.60. The van der Waals surface area contributed by atoms with Crippen molar-refractivity contribution in [2.75, 3.05) is 0 Å². The maximum absolute atomic E-state index is 9.88. The van der Waals surface area contributed by atoms with E-state index in [2.05, 4.69) is 12.1 Å². The number of rotatable bonds is 4. The Bertz CT molecular complexity index is 63.5. The summed E-state index contributed by atoms with van der Waals surface area (Å²) in [6.45, 7) is 4.05. The zero-order chi connectivity index (χ0) is 6.41. The Morgan fingerprint density at radius 3 is 2.25 bits per heavy atom. The van der Waals surface area contributed by atoms with Crippen molar-refractivity contribution < 1.29 is 0 Å². The summed E-state index contributed by atoms with van der Waals surface area (Å²) in [5, 5.41) is 2.95. The lowest BCUT2D eigenvalue weighted by molar-refractivity contribution is 0.585. The molecule has 0 amide bonds. The third-order valence-corrected chi connectivity index (χ3v) is 1.24. The Morgan fingerprint density at radius 2 is 2.12 bits per heavy atom. The smallest absolute Gasteiger partial charge is 0.0917 e. The van der Waals surface area contributed by atoms with Crippen LogP contribution in [0.15, 0.2) is 5.18 Å². The fraction of sp³-hybridized carbons (Fsp3) is 1.00. The molecule has 0 heterocycles. The quantitative estimate of drug-likeness (QED) is 0.517. The number of nitrogens with zero attached hydrogens (tertiary/aromatic N) is 1. The first kappa shape index (κ1) is 7.60. The average molecular weight is 115 g/mol. The molecule has 1 atom stereocenters. The van der Waals surface area contributed by atoms with Gasteiger partial charge in [-0.25, -0.2) is 0 Å². The van der Waals surface area contributed by atoms with Gasteiger partial charge < -0.3 is 0 Å². The van der Waals surface area contributed by atoms with Crippen LogP contribution >= 0.6 is 0 Å². The topological polar surface area (TPSA) is 29.4 Å². The lowest BCUT2D eigenvalue weighted by atomic mass is 10.1. The van der Waals surface area contributed by atoms with Crippen LogP contribution in [0, 0.1) is 4.91 Å². The van der Waals surface area contributed by atoms with E-state index < -0.39 is 0 Å². The Hall–Kier alpha value is -0.400. The highest BCUT2D eigenvalue weighted by Gasteiger charge is 2.00. The van der Waals surface area contributed by atoms with E-state index in [1.165, 1.54) is 0 Å². The van der Waals surface area contributed by atoms with Crippen molar-refractivity contribution >= 4 is 0 Å². The zero-order valence-corrected chi connectivity index (χ0v) is 5.55. The standard InChI is InChI=1S/C6H13NO/c1-3-5-6(4-2)7-8/h6H,3-5H2,1-2H3. The van der Waals surface area contributed by atoms with Gasteiger partial charge in [0.1, 0.15) is 0 Å². The molecule has 0 aromatic rings. The molecule has 2 nitrogen and oxygen atoms in total. The minimum Gasteiger partial charge on any atom is -0.151 e. The van der Waals surface area contributed by atoms with Gasteiger partial charge in [-0.1, -0.05) is 25.4 Å². The molecule has 0 aromatic heterocycles. The number of hydrogen-bond acceptors (Lipinski definition) is 2. The molecule has 48 valence electrons. The van der Waals surface area contributed by atoms with Gasteiger partial charge in [-0.15, -0.1) is 0 Å². The molecule has 0 aromatic carbocycles. The molecule has 0 spiro atoms. The van der Waals surface area contributed by atoms with Gasteiger partial charge in [0.25, 0.3) is 0 Å². The molecule has 0 aliphatic carbocycles. The summed E-state index contributed by atoms with van der Waals surface area (Å²) in [5.74, 6) is 0. The molecule has 0 aliphatic rings.